The van der Waals surface area contributed by atoms with E-state index >= 15 is 0 Å². The predicted molar refractivity (Wildman–Crippen MR) is 141 cm³/mol. The van der Waals surface area contributed by atoms with E-state index in [0.29, 0.717) is 60.6 Å². The first kappa shape index (κ1) is 24.9. The maximum Gasteiger partial charge on any atom is 0.234 e. The Morgan fingerprint density at radius 3 is 2.66 bits per heavy atom. The Kier molecular flexibility index (Phi) is 6.36. The second-order valence-corrected chi connectivity index (χ2v) is 11.9. The van der Waals surface area contributed by atoms with Crippen LogP contribution in [-0.4, -0.2) is 62.3 Å². The number of aromatic hydroxyl groups is 1. The number of aliphatic hydroxyl groups is 1. The molecule has 6 N–H and O–H groups in total. The quantitative estimate of drug-likeness (QED) is 0.353. The van der Waals surface area contributed by atoms with Gasteiger partial charge in [0, 0.05) is 31.2 Å². The average molecular weight is 518 g/mol. The predicted octanol–water partition coefficient (Wildman–Crippen LogP) is 2.19. The number of amides is 1. The number of aromatic nitrogens is 2. The third kappa shape index (κ3) is 4.54. The zero-order chi connectivity index (χ0) is 26.4. The number of benzene rings is 1. The summed E-state index contributed by atoms with van der Waals surface area (Å²) < 4.78 is 0. The van der Waals surface area contributed by atoms with Crippen molar-refractivity contribution in [2.24, 2.45) is 28.9 Å². The van der Waals surface area contributed by atoms with Crippen LogP contribution in [0.2, 0.25) is 0 Å². The van der Waals surface area contributed by atoms with Gasteiger partial charge < -0.3 is 26.6 Å². The van der Waals surface area contributed by atoms with Crippen LogP contribution < -0.4 is 16.4 Å². The van der Waals surface area contributed by atoms with E-state index in [0.717, 1.165) is 31.4 Å². The molecule has 2 heterocycles. The summed E-state index contributed by atoms with van der Waals surface area (Å²) >= 11 is 0. The Morgan fingerprint density at radius 1 is 1.18 bits per heavy atom. The molecule has 1 amide bonds. The number of aliphatic hydroxyl groups excluding tert-OH is 1. The molecule has 10 nitrogen and oxygen atoms in total. The van der Waals surface area contributed by atoms with Crippen molar-refractivity contribution in [3.8, 4) is 11.8 Å². The Bertz CT molecular complexity index is 1250. The van der Waals surface area contributed by atoms with Gasteiger partial charge in [0.25, 0.3) is 0 Å². The van der Waals surface area contributed by atoms with Crippen molar-refractivity contribution in [3.63, 3.8) is 0 Å². The number of phenolic OH excluding ortho intramolecular Hbond substituents is 1. The van der Waals surface area contributed by atoms with Crippen molar-refractivity contribution in [1.82, 2.24) is 14.9 Å². The van der Waals surface area contributed by atoms with E-state index in [1.165, 1.54) is 19.0 Å². The number of likely N-dealkylation sites (tertiary alicyclic amines) is 1. The maximum absolute atomic E-state index is 12.2. The molecular formula is C28H35N7O3. The Morgan fingerprint density at radius 2 is 1.95 bits per heavy atom. The van der Waals surface area contributed by atoms with Gasteiger partial charge in [-0.1, -0.05) is 18.2 Å². The SMILES string of the molecule is N#Cc1cnc(NCc2ccccc2O)nc1NCC12CC3C[C@H](C1)C(N1C[C@H](O)C[C@@H]1C(N)=O)[C@@H](C3)C2. The third-order valence-electron chi connectivity index (χ3n) is 9.35. The number of anilines is 2. The number of hydrogen-bond acceptors (Lipinski definition) is 9. The van der Waals surface area contributed by atoms with Crippen molar-refractivity contribution in [2.75, 3.05) is 23.7 Å². The van der Waals surface area contributed by atoms with Crippen molar-refractivity contribution in [3.05, 3.63) is 41.6 Å². The molecule has 1 aromatic heterocycles. The number of nitriles is 1. The number of nitrogens with one attached hydrogen (secondary N) is 2. The van der Waals surface area contributed by atoms with E-state index in [-0.39, 0.29) is 23.1 Å². The Hall–Kier alpha value is -3.42. The first-order valence-electron chi connectivity index (χ1n) is 13.6. The fourth-order valence-corrected chi connectivity index (χ4v) is 8.16. The number of β-amino-alcohol motifs (C(OH)–C–C–N with tert-alkyl or cyclic N) is 1. The summed E-state index contributed by atoms with van der Waals surface area (Å²) in [5.41, 5.74) is 6.98. The van der Waals surface area contributed by atoms with Crippen molar-refractivity contribution >= 4 is 17.7 Å². The van der Waals surface area contributed by atoms with E-state index in [2.05, 4.69) is 31.6 Å². The minimum atomic E-state index is -0.490. The highest BCUT2D eigenvalue weighted by molar-refractivity contribution is 5.80. The number of carbonyl (C=O) groups is 1. The number of nitrogens with two attached hydrogens (primary N) is 1. The number of phenols is 1. The minimum Gasteiger partial charge on any atom is -0.508 e. The molecule has 7 atom stereocenters. The van der Waals surface area contributed by atoms with E-state index in [4.69, 9.17) is 5.73 Å². The molecule has 0 radical (unpaired) electrons. The summed E-state index contributed by atoms with van der Waals surface area (Å²) in [5, 5.41) is 36.7. The number of carbonyl (C=O) groups excluding carboxylic acids is 1. The first-order chi connectivity index (χ1) is 18.3. The van der Waals surface area contributed by atoms with Crippen LogP contribution in [0.15, 0.2) is 30.5 Å². The van der Waals surface area contributed by atoms with Gasteiger partial charge in [-0.3, -0.25) is 9.69 Å². The number of hydrogen-bond donors (Lipinski definition) is 5. The second kappa shape index (κ2) is 9.71. The van der Waals surface area contributed by atoms with Gasteiger partial charge in [0.15, 0.2) is 0 Å². The maximum atomic E-state index is 12.2. The molecule has 2 aromatic rings. The number of rotatable bonds is 8. The highest BCUT2D eigenvalue weighted by atomic mass is 16.3. The largest absolute Gasteiger partial charge is 0.508 e. The van der Waals surface area contributed by atoms with Crippen LogP contribution in [0.5, 0.6) is 5.75 Å². The van der Waals surface area contributed by atoms with Crippen LogP contribution in [0.25, 0.3) is 0 Å². The molecule has 4 aliphatic carbocycles. The standard InChI is InChI=1S/C28H35N7O3/c29-11-20-13-32-27(31-12-17-3-1-2-4-23(17)37)34-26(20)33-15-28-8-16-5-18(9-28)24(19(6-16)10-28)35-14-21(36)7-22(35)25(30)38/h1-4,13,16,18-19,21-22,24,36-37H,5-10,12,14-15H2,(H2,30,38)(H2,31,32,33,34)/t16?,18-,19+,21-,22-,24?,28?/m1/s1. The summed E-state index contributed by atoms with van der Waals surface area (Å²) in [6, 6.07) is 9.23. The highest BCUT2D eigenvalue weighted by Gasteiger charge is 2.58. The van der Waals surface area contributed by atoms with Crippen LogP contribution in [0, 0.1) is 34.5 Å². The van der Waals surface area contributed by atoms with E-state index in [9.17, 15) is 20.3 Å². The molecule has 7 rings (SSSR count). The van der Waals surface area contributed by atoms with E-state index in [1.807, 2.05) is 12.1 Å². The lowest BCUT2D eigenvalue weighted by Gasteiger charge is -2.62. The summed E-state index contributed by atoms with van der Waals surface area (Å²) in [4.78, 5) is 23.3. The zero-order valence-electron chi connectivity index (χ0n) is 21.4. The van der Waals surface area contributed by atoms with Gasteiger partial charge >= 0.3 is 0 Å². The molecule has 1 saturated heterocycles. The lowest BCUT2D eigenvalue weighted by Crippen LogP contribution is -2.62. The molecule has 0 spiro atoms. The number of primary amides is 1. The van der Waals surface area contributed by atoms with Crippen molar-refractivity contribution in [1.29, 1.82) is 5.26 Å². The summed E-state index contributed by atoms with van der Waals surface area (Å²) in [7, 11) is 0. The van der Waals surface area contributed by atoms with Gasteiger partial charge in [0.1, 0.15) is 23.2 Å². The molecule has 200 valence electrons. The second-order valence-electron chi connectivity index (χ2n) is 11.9. The summed E-state index contributed by atoms with van der Waals surface area (Å²) in [5.74, 6) is 2.42. The molecule has 1 aromatic carbocycles. The molecule has 3 unspecified atom stereocenters. The van der Waals surface area contributed by atoms with Gasteiger partial charge in [-0.15, -0.1) is 0 Å². The zero-order valence-corrected chi connectivity index (χ0v) is 21.4. The lowest BCUT2D eigenvalue weighted by molar-refractivity contribution is -0.133. The van der Waals surface area contributed by atoms with Crippen LogP contribution >= 0.6 is 0 Å². The van der Waals surface area contributed by atoms with Gasteiger partial charge in [-0.25, -0.2) is 4.98 Å². The normalized spacial score (nSPS) is 33.7. The molecule has 4 saturated carbocycles. The fraction of sp³-hybridized carbons (Fsp3) is 0.571. The third-order valence-corrected chi connectivity index (χ3v) is 9.35. The smallest absolute Gasteiger partial charge is 0.234 e. The fourth-order valence-electron chi connectivity index (χ4n) is 8.16. The Labute approximate surface area is 222 Å². The van der Waals surface area contributed by atoms with Gasteiger partial charge in [-0.05, 0) is 67.8 Å². The topological polar surface area (TPSA) is 160 Å². The molecule has 1 aliphatic heterocycles. The average Bonchev–Trinajstić information content (AvgIpc) is 3.28. The molecule has 4 bridgehead atoms. The van der Waals surface area contributed by atoms with Crippen LogP contribution in [-0.2, 0) is 11.3 Å². The number of nitrogens with zero attached hydrogens (tertiary/aromatic N) is 4. The van der Waals surface area contributed by atoms with Gasteiger partial charge in [-0.2, -0.15) is 10.2 Å². The van der Waals surface area contributed by atoms with Crippen LogP contribution in [0.4, 0.5) is 11.8 Å². The van der Waals surface area contributed by atoms with Gasteiger partial charge in [0.2, 0.25) is 11.9 Å². The van der Waals surface area contributed by atoms with E-state index in [1.54, 1.807) is 12.1 Å². The first-order valence-corrected chi connectivity index (χ1v) is 13.6. The van der Waals surface area contributed by atoms with Crippen molar-refractivity contribution in [2.45, 2.75) is 63.3 Å². The molecule has 10 heteroatoms. The number of para-hydroxylation sites is 1. The van der Waals surface area contributed by atoms with Gasteiger partial charge in [0.05, 0.1) is 18.3 Å². The van der Waals surface area contributed by atoms with Crippen LogP contribution in [0.1, 0.15) is 49.7 Å². The molecule has 5 fully saturated rings. The summed E-state index contributed by atoms with van der Waals surface area (Å²) in [6.45, 7) is 1.63. The molecule has 38 heavy (non-hydrogen) atoms. The Balaban J connectivity index is 1.15. The van der Waals surface area contributed by atoms with E-state index < -0.39 is 6.10 Å². The molecule has 5 aliphatic rings. The lowest BCUT2D eigenvalue weighted by atomic mass is 9.47. The highest BCUT2D eigenvalue weighted by Crippen LogP contribution is 2.61. The minimum absolute atomic E-state index is 0.120. The summed E-state index contributed by atoms with van der Waals surface area (Å²) in [6.07, 6.45) is 7.08. The molecular weight excluding hydrogens is 482 g/mol. The monoisotopic (exact) mass is 517 g/mol. The van der Waals surface area contributed by atoms with Crippen molar-refractivity contribution < 1.29 is 15.0 Å². The van der Waals surface area contributed by atoms with Crippen LogP contribution in [0.3, 0.4) is 0 Å².